The lowest BCUT2D eigenvalue weighted by atomic mass is 9.75. The molecule has 2 heteroatoms. The average molecular weight is 249 g/mol. The smallest absolute Gasteiger partial charge is 0.123 e. The van der Waals surface area contributed by atoms with Crippen LogP contribution >= 0.6 is 0 Å². The lowest BCUT2D eigenvalue weighted by Gasteiger charge is -2.36. The van der Waals surface area contributed by atoms with E-state index in [4.69, 9.17) is 0 Å². The van der Waals surface area contributed by atoms with Crippen LogP contribution in [0.3, 0.4) is 0 Å². The number of hydrogen-bond acceptors (Lipinski definition) is 1. The molecule has 100 valence electrons. The molecule has 1 N–H and O–H groups in total. The first kappa shape index (κ1) is 13.5. The van der Waals surface area contributed by atoms with Crippen LogP contribution in [0.1, 0.15) is 55.3 Å². The first-order chi connectivity index (χ1) is 8.63. The standard InChI is InChI=1S/C16H24FN/c1-4-8-18-16(13-6-5-7-13)15-11(2)9-14(17)10-12(15)3/h9-10,13,16,18H,4-8H2,1-3H3. The quantitative estimate of drug-likeness (QED) is 0.821. The fourth-order valence-electron chi connectivity index (χ4n) is 2.99. The fraction of sp³-hybridized carbons (Fsp3) is 0.625. The van der Waals surface area contributed by atoms with Crippen LogP contribution in [0.15, 0.2) is 12.1 Å². The number of benzene rings is 1. The highest BCUT2D eigenvalue weighted by molar-refractivity contribution is 5.37. The molecular weight excluding hydrogens is 225 g/mol. The van der Waals surface area contributed by atoms with Crippen molar-refractivity contribution in [3.8, 4) is 0 Å². The van der Waals surface area contributed by atoms with Gasteiger partial charge in [0.15, 0.2) is 0 Å². The molecule has 0 saturated heterocycles. The van der Waals surface area contributed by atoms with Crippen molar-refractivity contribution < 1.29 is 4.39 Å². The molecule has 1 unspecified atom stereocenters. The molecule has 1 aliphatic rings. The SMILES string of the molecule is CCCNC(c1c(C)cc(F)cc1C)C1CCC1. The summed E-state index contributed by atoms with van der Waals surface area (Å²) < 4.78 is 13.4. The zero-order chi connectivity index (χ0) is 13.1. The normalized spacial score (nSPS) is 17.6. The summed E-state index contributed by atoms with van der Waals surface area (Å²) in [5, 5.41) is 3.67. The molecule has 0 radical (unpaired) electrons. The molecule has 1 aromatic carbocycles. The van der Waals surface area contributed by atoms with Gasteiger partial charge < -0.3 is 5.32 Å². The van der Waals surface area contributed by atoms with Gasteiger partial charge in [-0.2, -0.15) is 0 Å². The van der Waals surface area contributed by atoms with Crippen LogP contribution in [0.2, 0.25) is 0 Å². The zero-order valence-electron chi connectivity index (χ0n) is 11.7. The zero-order valence-corrected chi connectivity index (χ0v) is 11.7. The lowest BCUT2D eigenvalue weighted by Crippen LogP contribution is -2.33. The van der Waals surface area contributed by atoms with Crippen molar-refractivity contribution in [3.05, 3.63) is 34.6 Å². The summed E-state index contributed by atoms with van der Waals surface area (Å²) in [5.74, 6) is 0.621. The molecule has 0 aromatic heterocycles. The second-order valence-electron chi connectivity index (χ2n) is 5.58. The molecule has 18 heavy (non-hydrogen) atoms. The number of halogens is 1. The van der Waals surface area contributed by atoms with E-state index in [9.17, 15) is 4.39 Å². The van der Waals surface area contributed by atoms with E-state index in [1.54, 1.807) is 12.1 Å². The van der Waals surface area contributed by atoms with E-state index in [2.05, 4.69) is 12.2 Å². The number of hydrogen-bond donors (Lipinski definition) is 1. The molecule has 1 atom stereocenters. The molecule has 1 aromatic rings. The van der Waals surface area contributed by atoms with E-state index in [0.717, 1.165) is 30.0 Å². The van der Waals surface area contributed by atoms with Gasteiger partial charge in [0, 0.05) is 6.04 Å². The maximum atomic E-state index is 13.4. The third kappa shape index (κ3) is 2.74. The van der Waals surface area contributed by atoms with Crippen LogP contribution in [0.4, 0.5) is 4.39 Å². The highest BCUT2D eigenvalue weighted by Gasteiger charge is 2.29. The second kappa shape index (κ2) is 5.83. The third-order valence-electron chi connectivity index (χ3n) is 4.10. The van der Waals surface area contributed by atoms with Gasteiger partial charge >= 0.3 is 0 Å². The van der Waals surface area contributed by atoms with Gasteiger partial charge in [-0.25, -0.2) is 4.39 Å². The molecule has 1 fully saturated rings. The van der Waals surface area contributed by atoms with Gasteiger partial charge in [0.05, 0.1) is 0 Å². The summed E-state index contributed by atoms with van der Waals surface area (Å²) in [7, 11) is 0. The van der Waals surface area contributed by atoms with Gasteiger partial charge in [-0.05, 0) is 74.4 Å². The van der Waals surface area contributed by atoms with Crippen LogP contribution < -0.4 is 5.32 Å². The van der Waals surface area contributed by atoms with Crippen LogP contribution in [-0.2, 0) is 0 Å². The van der Waals surface area contributed by atoms with E-state index >= 15 is 0 Å². The molecule has 1 aliphatic carbocycles. The van der Waals surface area contributed by atoms with E-state index < -0.39 is 0 Å². The Balaban J connectivity index is 2.28. The van der Waals surface area contributed by atoms with Gasteiger partial charge in [-0.1, -0.05) is 13.3 Å². The molecule has 2 rings (SSSR count). The number of rotatable bonds is 5. The fourth-order valence-corrected chi connectivity index (χ4v) is 2.99. The van der Waals surface area contributed by atoms with Crippen LogP contribution in [0.5, 0.6) is 0 Å². The highest BCUT2D eigenvalue weighted by Crippen LogP contribution is 2.40. The van der Waals surface area contributed by atoms with Crippen LogP contribution in [0, 0.1) is 25.6 Å². The van der Waals surface area contributed by atoms with E-state index in [0.29, 0.717) is 6.04 Å². The molecule has 0 aliphatic heterocycles. The summed E-state index contributed by atoms with van der Waals surface area (Å²) >= 11 is 0. The van der Waals surface area contributed by atoms with Gasteiger partial charge in [0.1, 0.15) is 5.82 Å². The minimum Gasteiger partial charge on any atom is -0.310 e. The first-order valence-electron chi connectivity index (χ1n) is 7.13. The Morgan fingerprint density at radius 3 is 2.33 bits per heavy atom. The first-order valence-corrected chi connectivity index (χ1v) is 7.13. The average Bonchev–Trinajstić information content (AvgIpc) is 2.21. The summed E-state index contributed by atoms with van der Waals surface area (Å²) in [4.78, 5) is 0. The Hall–Kier alpha value is -0.890. The molecule has 1 saturated carbocycles. The largest absolute Gasteiger partial charge is 0.310 e. The summed E-state index contributed by atoms with van der Waals surface area (Å²) in [6.07, 6.45) is 5.09. The summed E-state index contributed by atoms with van der Waals surface area (Å²) in [6, 6.07) is 3.75. The van der Waals surface area contributed by atoms with Crippen molar-refractivity contribution in [3.63, 3.8) is 0 Å². The molecule has 0 amide bonds. The minimum atomic E-state index is -0.114. The summed E-state index contributed by atoms with van der Waals surface area (Å²) in [5.41, 5.74) is 3.51. The van der Waals surface area contributed by atoms with Crippen molar-refractivity contribution in [1.82, 2.24) is 5.32 Å². The second-order valence-corrected chi connectivity index (χ2v) is 5.58. The summed E-state index contributed by atoms with van der Waals surface area (Å²) in [6.45, 7) is 7.29. The van der Waals surface area contributed by atoms with Crippen molar-refractivity contribution in [1.29, 1.82) is 0 Å². The van der Waals surface area contributed by atoms with E-state index in [1.807, 2.05) is 13.8 Å². The van der Waals surface area contributed by atoms with Crippen molar-refractivity contribution in [2.24, 2.45) is 5.92 Å². The Morgan fingerprint density at radius 1 is 1.28 bits per heavy atom. The third-order valence-corrected chi connectivity index (χ3v) is 4.10. The molecule has 0 bridgehead atoms. The molecule has 0 heterocycles. The Labute approximate surface area is 110 Å². The topological polar surface area (TPSA) is 12.0 Å². The number of nitrogens with one attached hydrogen (secondary N) is 1. The van der Waals surface area contributed by atoms with Gasteiger partial charge in [-0.15, -0.1) is 0 Å². The van der Waals surface area contributed by atoms with Gasteiger partial charge in [0.25, 0.3) is 0 Å². The predicted octanol–water partition coefficient (Wildman–Crippen LogP) is 4.28. The maximum absolute atomic E-state index is 13.4. The highest BCUT2D eigenvalue weighted by atomic mass is 19.1. The van der Waals surface area contributed by atoms with E-state index in [1.165, 1.54) is 24.8 Å². The lowest BCUT2D eigenvalue weighted by molar-refractivity contribution is 0.230. The minimum absolute atomic E-state index is 0.114. The van der Waals surface area contributed by atoms with Gasteiger partial charge in [-0.3, -0.25) is 0 Å². The van der Waals surface area contributed by atoms with Crippen LogP contribution in [-0.4, -0.2) is 6.54 Å². The monoisotopic (exact) mass is 249 g/mol. The maximum Gasteiger partial charge on any atom is 0.123 e. The molecule has 1 nitrogen and oxygen atoms in total. The van der Waals surface area contributed by atoms with Crippen molar-refractivity contribution in [2.45, 2.75) is 52.5 Å². The Kier molecular flexibility index (Phi) is 4.39. The predicted molar refractivity (Wildman–Crippen MR) is 74.2 cm³/mol. The number of aryl methyl sites for hydroxylation is 2. The van der Waals surface area contributed by atoms with Crippen molar-refractivity contribution in [2.75, 3.05) is 6.54 Å². The van der Waals surface area contributed by atoms with Gasteiger partial charge in [0.2, 0.25) is 0 Å². The Morgan fingerprint density at radius 2 is 1.89 bits per heavy atom. The van der Waals surface area contributed by atoms with E-state index in [-0.39, 0.29) is 5.82 Å². The van der Waals surface area contributed by atoms with Crippen LogP contribution in [0.25, 0.3) is 0 Å². The molecular formula is C16H24FN. The van der Waals surface area contributed by atoms with Crippen molar-refractivity contribution >= 4 is 0 Å². The Bertz CT molecular complexity index is 387. The molecule has 0 spiro atoms.